The number of nitriles is 1. The van der Waals surface area contributed by atoms with Crippen molar-refractivity contribution in [2.75, 3.05) is 6.54 Å². The van der Waals surface area contributed by atoms with Crippen LogP contribution in [0.15, 0.2) is 23.3 Å². The molecule has 0 saturated heterocycles. The summed E-state index contributed by atoms with van der Waals surface area (Å²) in [6, 6.07) is 3.34. The van der Waals surface area contributed by atoms with Crippen molar-refractivity contribution in [3.05, 3.63) is 34.2 Å². The highest BCUT2D eigenvalue weighted by Crippen LogP contribution is 2.10. The predicted molar refractivity (Wildman–Crippen MR) is 58.8 cm³/mol. The summed E-state index contributed by atoms with van der Waals surface area (Å²) in [7, 11) is 0. The molecule has 0 bridgehead atoms. The Morgan fingerprint density at radius 3 is 2.88 bits per heavy atom. The highest BCUT2D eigenvalue weighted by Gasteiger charge is 2.18. The summed E-state index contributed by atoms with van der Waals surface area (Å²) in [5, 5.41) is 11.3. The van der Waals surface area contributed by atoms with Gasteiger partial charge in [0.2, 0.25) is 0 Å². The molecule has 1 rings (SSSR count). The summed E-state index contributed by atoms with van der Waals surface area (Å²) in [5.74, 6) is -0.467. The number of rotatable bonds is 3. The second-order valence-corrected chi connectivity index (χ2v) is 4.10. The van der Waals surface area contributed by atoms with Crippen LogP contribution in [0.25, 0.3) is 0 Å². The van der Waals surface area contributed by atoms with Crippen LogP contribution in [0.2, 0.25) is 0 Å². The third kappa shape index (κ3) is 2.95. The summed E-state index contributed by atoms with van der Waals surface area (Å²) in [6.45, 7) is 3.63. The Kier molecular flexibility index (Phi) is 3.46. The van der Waals surface area contributed by atoms with Gasteiger partial charge in [0.25, 0.3) is 5.91 Å². The van der Waals surface area contributed by atoms with E-state index in [1.54, 1.807) is 13.8 Å². The van der Waals surface area contributed by atoms with E-state index in [1.807, 2.05) is 0 Å². The van der Waals surface area contributed by atoms with Crippen LogP contribution in [0, 0.1) is 16.7 Å². The molecule has 1 heterocycles. The van der Waals surface area contributed by atoms with Gasteiger partial charge in [-0.25, -0.2) is 0 Å². The van der Waals surface area contributed by atoms with Crippen LogP contribution in [-0.4, -0.2) is 17.4 Å². The lowest BCUT2D eigenvalue weighted by atomic mass is 9.96. The molecule has 1 aromatic heterocycles. The molecule has 1 aromatic rings. The number of aromatic amines is 1. The first kappa shape index (κ1) is 12.0. The molecule has 5 heteroatoms. The third-order valence-electron chi connectivity index (χ3n) is 2.06. The summed E-state index contributed by atoms with van der Waals surface area (Å²) in [6.07, 6.45) is 2.80. The van der Waals surface area contributed by atoms with Crippen molar-refractivity contribution in [2.24, 2.45) is 5.41 Å². The van der Waals surface area contributed by atoms with E-state index in [0.717, 1.165) is 0 Å². The van der Waals surface area contributed by atoms with Crippen LogP contribution in [0.4, 0.5) is 0 Å². The molecule has 0 radical (unpaired) electrons. The normalized spacial score (nSPS) is 10.6. The number of aromatic nitrogens is 1. The zero-order valence-corrected chi connectivity index (χ0v) is 9.20. The number of nitrogens with one attached hydrogen (secondary N) is 2. The summed E-state index contributed by atoms with van der Waals surface area (Å²) < 4.78 is 0. The SMILES string of the molecule is CC(C)(C#N)CNC(=O)c1c[nH]ccc1=O. The zero-order chi connectivity index (χ0) is 12.2. The van der Waals surface area contributed by atoms with E-state index < -0.39 is 11.3 Å². The van der Waals surface area contributed by atoms with Gasteiger partial charge in [0.05, 0.1) is 11.5 Å². The lowest BCUT2D eigenvalue weighted by Crippen LogP contribution is -2.35. The maximum atomic E-state index is 11.6. The van der Waals surface area contributed by atoms with Crippen LogP contribution in [0.5, 0.6) is 0 Å². The second kappa shape index (κ2) is 4.62. The van der Waals surface area contributed by atoms with E-state index in [-0.39, 0.29) is 17.5 Å². The van der Waals surface area contributed by atoms with E-state index in [1.165, 1.54) is 18.5 Å². The van der Waals surface area contributed by atoms with Gasteiger partial charge in [0, 0.05) is 25.0 Å². The molecule has 16 heavy (non-hydrogen) atoms. The van der Waals surface area contributed by atoms with Crippen molar-refractivity contribution in [2.45, 2.75) is 13.8 Å². The van der Waals surface area contributed by atoms with Gasteiger partial charge in [-0.3, -0.25) is 9.59 Å². The number of nitrogens with zero attached hydrogens (tertiary/aromatic N) is 1. The maximum absolute atomic E-state index is 11.6. The molecule has 0 saturated carbocycles. The van der Waals surface area contributed by atoms with Crippen molar-refractivity contribution in [1.29, 1.82) is 5.26 Å². The van der Waals surface area contributed by atoms with E-state index >= 15 is 0 Å². The lowest BCUT2D eigenvalue weighted by Gasteiger charge is -2.15. The van der Waals surface area contributed by atoms with Crippen LogP contribution in [0.3, 0.4) is 0 Å². The predicted octanol–water partition coefficient (Wildman–Crippen LogP) is 0.654. The van der Waals surface area contributed by atoms with Gasteiger partial charge in [-0.05, 0) is 13.8 Å². The molecule has 0 fully saturated rings. The molecule has 0 aliphatic rings. The van der Waals surface area contributed by atoms with Crippen molar-refractivity contribution < 1.29 is 4.79 Å². The van der Waals surface area contributed by atoms with Crippen molar-refractivity contribution >= 4 is 5.91 Å². The fourth-order valence-electron chi connectivity index (χ4n) is 1.03. The number of hydrogen-bond donors (Lipinski definition) is 2. The number of carbonyl (C=O) groups excluding carboxylic acids is 1. The summed E-state index contributed by atoms with van der Waals surface area (Å²) >= 11 is 0. The minimum atomic E-state index is -0.642. The van der Waals surface area contributed by atoms with Crippen molar-refractivity contribution in [3.8, 4) is 6.07 Å². The van der Waals surface area contributed by atoms with Gasteiger partial charge < -0.3 is 10.3 Å². The van der Waals surface area contributed by atoms with E-state index in [9.17, 15) is 9.59 Å². The molecular formula is C11H13N3O2. The molecule has 0 aromatic carbocycles. The zero-order valence-electron chi connectivity index (χ0n) is 9.20. The third-order valence-corrected chi connectivity index (χ3v) is 2.06. The highest BCUT2D eigenvalue weighted by atomic mass is 16.2. The Bertz CT molecular complexity index is 482. The number of pyridine rings is 1. The molecule has 1 amide bonds. The molecule has 5 nitrogen and oxygen atoms in total. The molecule has 0 aliphatic heterocycles. The Hall–Kier alpha value is -2.09. The van der Waals surface area contributed by atoms with Crippen LogP contribution in [-0.2, 0) is 0 Å². The first-order valence-corrected chi connectivity index (χ1v) is 4.83. The Morgan fingerprint density at radius 2 is 2.31 bits per heavy atom. The Balaban J connectivity index is 2.72. The maximum Gasteiger partial charge on any atom is 0.256 e. The minimum absolute atomic E-state index is 0.0521. The smallest absolute Gasteiger partial charge is 0.256 e. The van der Waals surface area contributed by atoms with Gasteiger partial charge in [0.15, 0.2) is 5.43 Å². The average Bonchev–Trinajstić information content (AvgIpc) is 2.27. The van der Waals surface area contributed by atoms with Crippen LogP contribution < -0.4 is 10.7 Å². The molecule has 0 spiro atoms. The fraction of sp³-hybridized carbons (Fsp3) is 0.364. The molecule has 0 atom stereocenters. The molecule has 84 valence electrons. The largest absolute Gasteiger partial charge is 0.367 e. The first-order chi connectivity index (χ1) is 7.46. The van der Waals surface area contributed by atoms with Gasteiger partial charge >= 0.3 is 0 Å². The minimum Gasteiger partial charge on any atom is -0.367 e. The highest BCUT2D eigenvalue weighted by molar-refractivity contribution is 5.93. The molecule has 0 unspecified atom stereocenters. The van der Waals surface area contributed by atoms with Gasteiger partial charge in [-0.2, -0.15) is 5.26 Å². The quantitative estimate of drug-likeness (QED) is 0.782. The lowest BCUT2D eigenvalue weighted by molar-refractivity contribution is 0.0942. The summed E-state index contributed by atoms with van der Waals surface area (Å²) in [4.78, 5) is 25.6. The van der Waals surface area contributed by atoms with Crippen LogP contribution >= 0.6 is 0 Å². The monoisotopic (exact) mass is 219 g/mol. The van der Waals surface area contributed by atoms with Crippen LogP contribution in [0.1, 0.15) is 24.2 Å². The fourth-order valence-corrected chi connectivity index (χ4v) is 1.03. The van der Waals surface area contributed by atoms with Crippen molar-refractivity contribution in [1.82, 2.24) is 10.3 Å². The molecule has 2 N–H and O–H groups in total. The van der Waals surface area contributed by atoms with Gasteiger partial charge in [0.1, 0.15) is 5.56 Å². The number of hydrogen-bond acceptors (Lipinski definition) is 3. The average molecular weight is 219 g/mol. The second-order valence-electron chi connectivity index (χ2n) is 4.10. The Labute approximate surface area is 93.1 Å². The van der Waals surface area contributed by atoms with E-state index in [0.29, 0.717) is 0 Å². The number of amides is 1. The number of H-pyrrole nitrogens is 1. The Morgan fingerprint density at radius 1 is 1.62 bits per heavy atom. The first-order valence-electron chi connectivity index (χ1n) is 4.83. The van der Waals surface area contributed by atoms with Gasteiger partial charge in [-0.15, -0.1) is 0 Å². The molecular weight excluding hydrogens is 206 g/mol. The standard InChI is InChI=1S/C11H13N3O2/c1-11(2,6-12)7-14-10(16)8-5-13-4-3-9(8)15/h3-5H,7H2,1-2H3,(H,13,15)(H,14,16). The van der Waals surface area contributed by atoms with Crippen molar-refractivity contribution in [3.63, 3.8) is 0 Å². The van der Waals surface area contributed by atoms with Gasteiger partial charge in [-0.1, -0.05) is 0 Å². The topological polar surface area (TPSA) is 85.8 Å². The van der Waals surface area contributed by atoms with E-state index in [4.69, 9.17) is 5.26 Å². The summed E-state index contributed by atoms with van der Waals surface area (Å²) in [5.41, 5.74) is -0.931. The number of carbonyl (C=O) groups is 1. The van der Waals surface area contributed by atoms with E-state index in [2.05, 4.69) is 16.4 Å². The molecule has 0 aliphatic carbocycles.